The fourth-order valence-electron chi connectivity index (χ4n) is 3.52. The fraction of sp³-hybridized carbons (Fsp3) is 0.450. The largest absolute Gasteiger partial charge is 0.486 e. The average Bonchev–Trinajstić information content (AvgIpc) is 2.67. The molecule has 3 heterocycles. The predicted molar refractivity (Wildman–Crippen MR) is 102 cm³/mol. The topological polar surface area (TPSA) is 76.6 Å². The molecular formula is C20H24N4O3. The molecule has 0 aliphatic carbocycles. The molecule has 4 rings (SSSR count). The second-order valence-electron chi connectivity index (χ2n) is 7.20. The monoisotopic (exact) mass is 368 g/mol. The zero-order valence-corrected chi connectivity index (χ0v) is 15.7. The first-order chi connectivity index (χ1) is 13.1. The Bertz CT molecular complexity index is 855. The molecule has 7 heteroatoms. The number of benzene rings is 1. The van der Waals surface area contributed by atoms with E-state index in [-0.39, 0.29) is 5.91 Å². The van der Waals surface area contributed by atoms with E-state index < -0.39 is 0 Å². The van der Waals surface area contributed by atoms with Crippen LogP contribution >= 0.6 is 0 Å². The fourth-order valence-corrected chi connectivity index (χ4v) is 3.52. The number of piperidine rings is 1. The smallest absolute Gasteiger partial charge is 0.272 e. The standard InChI is InChI=1S/C20H24N4O3/c1-13-4-3-7-24(12-13)19(25)16-10-14(2)21-20(23-16)22-15-5-6-17-18(11-15)27-9-8-26-17/h5-6,10-11,13H,3-4,7-9,12H2,1-2H3,(H,21,22,23). The molecule has 0 radical (unpaired) electrons. The highest BCUT2D eigenvalue weighted by Gasteiger charge is 2.23. The number of nitrogens with one attached hydrogen (secondary N) is 1. The highest BCUT2D eigenvalue weighted by molar-refractivity contribution is 5.92. The summed E-state index contributed by atoms with van der Waals surface area (Å²) in [5.41, 5.74) is 1.96. The van der Waals surface area contributed by atoms with E-state index in [0.29, 0.717) is 36.5 Å². The van der Waals surface area contributed by atoms with Gasteiger partial charge in [0, 0.05) is 30.5 Å². The molecule has 142 valence electrons. The molecule has 7 nitrogen and oxygen atoms in total. The molecule has 2 aliphatic heterocycles. The first-order valence-corrected chi connectivity index (χ1v) is 9.40. The number of hydrogen-bond donors (Lipinski definition) is 1. The third kappa shape index (κ3) is 3.97. The van der Waals surface area contributed by atoms with Crippen molar-refractivity contribution in [3.8, 4) is 11.5 Å². The minimum atomic E-state index is -0.0303. The van der Waals surface area contributed by atoms with Gasteiger partial charge in [0.25, 0.3) is 5.91 Å². The summed E-state index contributed by atoms with van der Waals surface area (Å²) in [6.07, 6.45) is 2.21. The normalized spacial score (nSPS) is 18.9. The van der Waals surface area contributed by atoms with Crippen LogP contribution in [0.3, 0.4) is 0 Å². The molecule has 1 aromatic heterocycles. The van der Waals surface area contributed by atoms with Crippen molar-refractivity contribution < 1.29 is 14.3 Å². The molecule has 1 N–H and O–H groups in total. The zero-order chi connectivity index (χ0) is 18.8. The van der Waals surface area contributed by atoms with Gasteiger partial charge in [-0.15, -0.1) is 0 Å². The minimum Gasteiger partial charge on any atom is -0.486 e. The van der Waals surface area contributed by atoms with Crippen LogP contribution in [0.4, 0.5) is 11.6 Å². The second kappa shape index (κ2) is 7.42. The van der Waals surface area contributed by atoms with Crippen LogP contribution in [0.2, 0.25) is 0 Å². The van der Waals surface area contributed by atoms with E-state index in [1.54, 1.807) is 6.07 Å². The van der Waals surface area contributed by atoms with E-state index >= 15 is 0 Å². The number of fused-ring (bicyclic) bond motifs is 1. The van der Waals surface area contributed by atoms with E-state index in [0.717, 1.165) is 36.6 Å². The molecule has 1 aromatic carbocycles. The van der Waals surface area contributed by atoms with Crippen molar-refractivity contribution in [2.75, 3.05) is 31.6 Å². The van der Waals surface area contributed by atoms with E-state index in [4.69, 9.17) is 9.47 Å². The summed E-state index contributed by atoms with van der Waals surface area (Å²) < 4.78 is 11.2. The molecule has 0 saturated carbocycles. The number of rotatable bonds is 3. The van der Waals surface area contributed by atoms with Crippen LogP contribution in [0.25, 0.3) is 0 Å². The number of aromatic nitrogens is 2. The van der Waals surface area contributed by atoms with Crippen molar-refractivity contribution in [3.63, 3.8) is 0 Å². The summed E-state index contributed by atoms with van der Waals surface area (Å²) >= 11 is 0. The van der Waals surface area contributed by atoms with Crippen LogP contribution in [-0.4, -0.2) is 47.1 Å². The first-order valence-electron chi connectivity index (χ1n) is 9.40. The molecule has 0 bridgehead atoms. The summed E-state index contributed by atoms with van der Waals surface area (Å²) in [6, 6.07) is 7.34. The Labute approximate surface area is 158 Å². The van der Waals surface area contributed by atoms with Gasteiger partial charge in [-0.1, -0.05) is 6.92 Å². The van der Waals surface area contributed by atoms with Gasteiger partial charge >= 0.3 is 0 Å². The number of nitrogens with zero attached hydrogens (tertiary/aromatic N) is 3. The SMILES string of the molecule is Cc1cc(C(=O)N2CCCC(C)C2)nc(Nc2ccc3c(c2)OCCO3)n1. The van der Waals surface area contributed by atoms with Gasteiger partial charge in [0.1, 0.15) is 18.9 Å². The molecule has 1 atom stereocenters. The van der Waals surface area contributed by atoms with Crippen LogP contribution in [0.1, 0.15) is 35.9 Å². The summed E-state index contributed by atoms with van der Waals surface area (Å²) in [7, 11) is 0. The second-order valence-corrected chi connectivity index (χ2v) is 7.20. The van der Waals surface area contributed by atoms with Crippen LogP contribution in [0.5, 0.6) is 11.5 Å². The number of likely N-dealkylation sites (tertiary alicyclic amines) is 1. The number of carbonyl (C=O) groups is 1. The van der Waals surface area contributed by atoms with Gasteiger partial charge in [-0.25, -0.2) is 9.97 Å². The molecule has 2 aromatic rings. The lowest BCUT2D eigenvalue weighted by Crippen LogP contribution is -2.39. The molecule has 1 unspecified atom stereocenters. The summed E-state index contributed by atoms with van der Waals surface area (Å²) in [6.45, 7) is 6.71. The van der Waals surface area contributed by atoms with Gasteiger partial charge in [0.2, 0.25) is 5.95 Å². The van der Waals surface area contributed by atoms with Gasteiger partial charge in [-0.2, -0.15) is 0 Å². The van der Waals surface area contributed by atoms with E-state index in [9.17, 15) is 4.79 Å². The third-order valence-electron chi connectivity index (χ3n) is 4.82. The summed E-state index contributed by atoms with van der Waals surface area (Å²) in [4.78, 5) is 23.6. The molecule has 0 spiro atoms. The summed E-state index contributed by atoms with van der Waals surface area (Å²) in [5.74, 6) is 2.32. The van der Waals surface area contributed by atoms with Gasteiger partial charge in [-0.05, 0) is 43.9 Å². The van der Waals surface area contributed by atoms with Gasteiger partial charge < -0.3 is 19.7 Å². The highest BCUT2D eigenvalue weighted by Crippen LogP contribution is 2.33. The maximum atomic E-state index is 12.9. The maximum Gasteiger partial charge on any atom is 0.272 e. The van der Waals surface area contributed by atoms with Gasteiger partial charge in [0.05, 0.1) is 0 Å². The Kier molecular flexibility index (Phi) is 4.83. The van der Waals surface area contributed by atoms with Crippen LogP contribution in [-0.2, 0) is 0 Å². The van der Waals surface area contributed by atoms with Crippen molar-refractivity contribution in [1.82, 2.24) is 14.9 Å². The Morgan fingerprint density at radius 2 is 2.00 bits per heavy atom. The quantitative estimate of drug-likeness (QED) is 0.897. The van der Waals surface area contributed by atoms with E-state index in [1.165, 1.54) is 6.42 Å². The van der Waals surface area contributed by atoms with Crippen molar-refractivity contribution >= 4 is 17.5 Å². The summed E-state index contributed by atoms with van der Waals surface area (Å²) in [5, 5.41) is 3.17. The zero-order valence-electron chi connectivity index (χ0n) is 15.7. The van der Waals surface area contributed by atoms with Crippen molar-refractivity contribution in [3.05, 3.63) is 35.7 Å². The number of ether oxygens (including phenoxy) is 2. The Morgan fingerprint density at radius 1 is 1.19 bits per heavy atom. The Hall–Kier alpha value is -2.83. The van der Waals surface area contributed by atoms with Crippen molar-refractivity contribution in [2.24, 2.45) is 5.92 Å². The van der Waals surface area contributed by atoms with Crippen molar-refractivity contribution in [1.29, 1.82) is 0 Å². The number of amides is 1. The first kappa shape index (κ1) is 17.6. The van der Waals surface area contributed by atoms with E-state index in [1.807, 2.05) is 30.0 Å². The molecule has 1 fully saturated rings. The lowest BCUT2D eigenvalue weighted by molar-refractivity contribution is 0.0677. The lowest BCUT2D eigenvalue weighted by atomic mass is 10.00. The molecule has 27 heavy (non-hydrogen) atoms. The van der Waals surface area contributed by atoms with Crippen LogP contribution in [0, 0.1) is 12.8 Å². The lowest BCUT2D eigenvalue weighted by Gasteiger charge is -2.30. The number of aryl methyl sites for hydroxylation is 1. The van der Waals surface area contributed by atoms with Crippen molar-refractivity contribution in [2.45, 2.75) is 26.7 Å². The van der Waals surface area contributed by atoms with E-state index in [2.05, 4.69) is 22.2 Å². The molecular weight excluding hydrogens is 344 g/mol. The molecule has 2 aliphatic rings. The number of carbonyl (C=O) groups excluding carboxylic acids is 1. The van der Waals surface area contributed by atoms with Gasteiger partial charge in [-0.3, -0.25) is 4.79 Å². The number of hydrogen-bond acceptors (Lipinski definition) is 6. The number of anilines is 2. The average molecular weight is 368 g/mol. The Morgan fingerprint density at radius 3 is 2.81 bits per heavy atom. The minimum absolute atomic E-state index is 0.0303. The maximum absolute atomic E-state index is 12.9. The molecule has 1 saturated heterocycles. The third-order valence-corrected chi connectivity index (χ3v) is 4.82. The van der Waals surface area contributed by atoms with Gasteiger partial charge in [0.15, 0.2) is 11.5 Å². The van der Waals surface area contributed by atoms with Crippen LogP contribution < -0.4 is 14.8 Å². The van der Waals surface area contributed by atoms with Crippen LogP contribution in [0.15, 0.2) is 24.3 Å². The highest BCUT2D eigenvalue weighted by atomic mass is 16.6. The predicted octanol–water partition coefficient (Wildman–Crippen LogP) is 3.17. The Balaban J connectivity index is 1.54. The molecule has 1 amide bonds.